The van der Waals surface area contributed by atoms with Gasteiger partial charge < -0.3 is 9.42 Å². The van der Waals surface area contributed by atoms with E-state index in [-0.39, 0.29) is 0 Å². The third-order valence-electron chi connectivity index (χ3n) is 2.81. The minimum Gasteiger partial charge on any atom is -0.340 e. The van der Waals surface area contributed by atoms with Crippen LogP contribution < -0.4 is 4.90 Å². The molecule has 15 heavy (non-hydrogen) atoms. The van der Waals surface area contributed by atoms with Crippen molar-refractivity contribution in [3.63, 3.8) is 0 Å². The Morgan fingerprint density at radius 3 is 2.87 bits per heavy atom. The van der Waals surface area contributed by atoms with Gasteiger partial charge in [0.15, 0.2) is 0 Å². The second-order valence-electron chi connectivity index (χ2n) is 3.84. The van der Waals surface area contributed by atoms with Gasteiger partial charge >= 0.3 is 0 Å². The molecule has 0 amide bonds. The molecule has 0 aliphatic carbocycles. The zero-order chi connectivity index (χ0) is 10.3. The normalized spacial score (nSPS) is 16.5. The van der Waals surface area contributed by atoms with Gasteiger partial charge in [0.2, 0.25) is 5.88 Å². The average molecular weight is 267 g/mol. The Bertz CT molecular complexity index is 488. The third kappa shape index (κ3) is 1.53. The maximum atomic E-state index is 5.41. The first kappa shape index (κ1) is 9.21. The zero-order valence-corrected chi connectivity index (χ0v) is 9.83. The lowest BCUT2D eigenvalue weighted by atomic mass is 10.2. The molecule has 1 aromatic carbocycles. The summed E-state index contributed by atoms with van der Waals surface area (Å²) in [5, 5.41) is 5.19. The lowest BCUT2D eigenvalue weighted by Gasteiger charge is -2.12. The average Bonchev–Trinajstić information content (AvgIpc) is 2.82. The lowest BCUT2D eigenvalue weighted by Crippen LogP contribution is -2.16. The number of rotatable bonds is 1. The Labute approximate surface area is 96.2 Å². The Morgan fingerprint density at radius 2 is 2.07 bits per heavy atom. The van der Waals surface area contributed by atoms with Gasteiger partial charge in [-0.2, -0.15) is 0 Å². The number of nitrogens with zero attached hydrogens (tertiary/aromatic N) is 2. The summed E-state index contributed by atoms with van der Waals surface area (Å²) in [5.74, 6) is 0.926. The van der Waals surface area contributed by atoms with Crippen LogP contribution in [-0.2, 0) is 0 Å². The fourth-order valence-electron chi connectivity index (χ4n) is 2.05. The van der Waals surface area contributed by atoms with E-state index in [2.05, 4.69) is 32.1 Å². The summed E-state index contributed by atoms with van der Waals surface area (Å²) in [6.07, 6.45) is 2.50. The molecule has 1 aliphatic rings. The van der Waals surface area contributed by atoms with E-state index in [9.17, 15) is 0 Å². The van der Waals surface area contributed by atoms with Crippen LogP contribution in [0.3, 0.4) is 0 Å². The number of anilines is 1. The molecule has 0 radical (unpaired) electrons. The minimum absolute atomic E-state index is 0.922. The van der Waals surface area contributed by atoms with E-state index in [1.807, 2.05) is 12.1 Å². The van der Waals surface area contributed by atoms with Crippen molar-refractivity contribution in [3.05, 3.63) is 22.7 Å². The minimum atomic E-state index is 0.922. The van der Waals surface area contributed by atoms with Crippen LogP contribution in [0.5, 0.6) is 0 Å². The van der Waals surface area contributed by atoms with Crippen molar-refractivity contribution in [1.29, 1.82) is 0 Å². The van der Waals surface area contributed by atoms with Gasteiger partial charge in [-0.1, -0.05) is 21.1 Å². The molecule has 1 fully saturated rings. The molecule has 2 heterocycles. The molecule has 3 nitrogen and oxygen atoms in total. The third-order valence-corrected chi connectivity index (χ3v) is 3.31. The van der Waals surface area contributed by atoms with Crippen molar-refractivity contribution >= 4 is 32.7 Å². The molecule has 1 aromatic heterocycles. The Hall–Kier alpha value is -1.03. The van der Waals surface area contributed by atoms with E-state index in [4.69, 9.17) is 4.52 Å². The van der Waals surface area contributed by atoms with Crippen LogP contribution >= 0.6 is 15.9 Å². The molecule has 0 bridgehead atoms. The molecule has 4 heteroatoms. The topological polar surface area (TPSA) is 29.3 Å². The van der Waals surface area contributed by atoms with E-state index >= 15 is 0 Å². The highest BCUT2D eigenvalue weighted by Crippen LogP contribution is 2.30. The largest absolute Gasteiger partial charge is 0.340 e. The van der Waals surface area contributed by atoms with E-state index in [0.717, 1.165) is 34.3 Å². The van der Waals surface area contributed by atoms with Crippen molar-refractivity contribution < 1.29 is 4.52 Å². The van der Waals surface area contributed by atoms with Gasteiger partial charge in [0.25, 0.3) is 0 Å². The Kier molecular flexibility index (Phi) is 2.16. The molecule has 78 valence electrons. The molecular weight excluding hydrogens is 256 g/mol. The first-order valence-corrected chi connectivity index (χ1v) is 5.94. The summed E-state index contributed by atoms with van der Waals surface area (Å²) in [5.41, 5.74) is 0.922. The van der Waals surface area contributed by atoms with Crippen LogP contribution in [-0.4, -0.2) is 18.2 Å². The quantitative estimate of drug-likeness (QED) is 0.794. The van der Waals surface area contributed by atoms with E-state index in [1.54, 1.807) is 0 Å². The summed E-state index contributed by atoms with van der Waals surface area (Å²) >= 11 is 3.43. The molecule has 0 unspecified atom stereocenters. The monoisotopic (exact) mass is 266 g/mol. The Balaban J connectivity index is 2.11. The van der Waals surface area contributed by atoms with Crippen LogP contribution in [0.2, 0.25) is 0 Å². The van der Waals surface area contributed by atoms with Crippen molar-refractivity contribution in [2.75, 3.05) is 18.0 Å². The summed E-state index contributed by atoms with van der Waals surface area (Å²) in [4.78, 5) is 2.27. The second-order valence-corrected chi connectivity index (χ2v) is 4.76. The van der Waals surface area contributed by atoms with Gasteiger partial charge in [0.05, 0.1) is 5.39 Å². The van der Waals surface area contributed by atoms with Crippen LogP contribution in [0, 0.1) is 0 Å². The van der Waals surface area contributed by atoms with Gasteiger partial charge in [-0.15, -0.1) is 0 Å². The zero-order valence-electron chi connectivity index (χ0n) is 8.24. The molecular formula is C11H11BrN2O. The molecule has 0 atom stereocenters. The summed E-state index contributed by atoms with van der Waals surface area (Å²) in [7, 11) is 0. The molecule has 1 saturated heterocycles. The second kappa shape index (κ2) is 3.52. The predicted octanol–water partition coefficient (Wildman–Crippen LogP) is 3.19. The van der Waals surface area contributed by atoms with Crippen LogP contribution in [0.4, 0.5) is 5.88 Å². The van der Waals surface area contributed by atoms with E-state index < -0.39 is 0 Å². The first-order chi connectivity index (χ1) is 7.34. The standard InChI is InChI=1S/C11H11BrN2O/c12-8-3-4-9-10(7-8)13-15-11(9)14-5-1-2-6-14/h3-4,7H,1-2,5-6H2. The number of aromatic nitrogens is 1. The molecule has 0 N–H and O–H groups in total. The van der Waals surface area contributed by atoms with Gasteiger partial charge in [-0.05, 0) is 31.0 Å². The smallest absolute Gasteiger partial charge is 0.235 e. The van der Waals surface area contributed by atoms with Crippen molar-refractivity contribution in [3.8, 4) is 0 Å². The first-order valence-electron chi connectivity index (χ1n) is 5.14. The highest BCUT2D eigenvalue weighted by Gasteiger charge is 2.19. The molecule has 3 rings (SSSR count). The van der Waals surface area contributed by atoms with Crippen LogP contribution in [0.25, 0.3) is 10.9 Å². The predicted molar refractivity (Wildman–Crippen MR) is 63.2 cm³/mol. The molecule has 0 spiro atoms. The highest BCUT2D eigenvalue weighted by atomic mass is 79.9. The number of fused-ring (bicyclic) bond motifs is 1. The van der Waals surface area contributed by atoms with Crippen molar-refractivity contribution in [2.24, 2.45) is 0 Å². The summed E-state index contributed by atoms with van der Waals surface area (Å²) in [6, 6.07) is 6.07. The van der Waals surface area contributed by atoms with Crippen LogP contribution in [0.15, 0.2) is 27.2 Å². The summed E-state index contributed by atoms with van der Waals surface area (Å²) in [6.45, 7) is 2.17. The molecule has 1 aliphatic heterocycles. The van der Waals surface area contributed by atoms with Crippen molar-refractivity contribution in [2.45, 2.75) is 12.8 Å². The Morgan fingerprint density at radius 1 is 1.27 bits per heavy atom. The van der Waals surface area contributed by atoms with Gasteiger partial charge in [0.1, 0.15) is 5.52 Å². The maximum absolute atomic E-state index is 5.41. The van der Waals surface area contributed by atoms with Crippen LogP contribution in [0.1, 0.15) is 12.8 Å². The van der Waals surface area contributed by atoms with E-state index in [0.29, 0.717) is 0 Å². The van der Waals surface area contributed by atoms with E-state index in [1.165, 1.54) is 12.8 Å². The fourth-order valence-corrected chi connectivity index (χ4v) is 2.40. The lowest BCUT2D eigenvalue weighted by molar-refractivity contribution is 0.428. The number of hydrogen-bond acceptors (Lipinski definition) is 3. The SMILES string of the molecule is Brc1ccc2c(N3CCCC3)onc2c1. The maximum Gasteiger partial charge on any atom is 0.235 e. The number of benzene rings is 1. The molecule has 2 aromatic rings. The molecule has 0 saturated carbocycles. The van der Waals surface area contributed by atoms with Crippen molar-refractivity contribution in [1.82, 2.24) is 5.16 Å². The highest BCUT2D eigenvalue weighted by molar-refractivity contribution is 9.10. The fraction of sp³-hybridized carbons (Fsp3) is 0.364. The van der Waals surface area contributed by atoms with Gasteiger partial charge in [-0.3, -0.25) is 0 Å². The van der Waals surface area contributed by atoms with Gasteiger partial charge in [0, 0.05) is 17.6 Å². The number of hydrogen-bond donors (Lipinski definition) is 0. The van der Waals surface area contributed by atoms with Gasteiger partial charge in [-0.25, -0.2) is 0 Å². The summed E-state index contributed by atoms with van der Waals surface area (Å²) < 4.78 is 6.45. The number of halogens is 1.